The van der Waals surface area contributed by atoms with E-state index in [2.05, 4.69) is 10.0 Å². The molecule has 2 atom stereocenters. The number of azide groups is 1. The zero-order valence-corrected chi connectivity index (χ0v) is 8.13. The molecule has 0 aromatic carbocycles. The topological polar surface area (TPSA) is 89.3 Å². The Hall–Kier alpha value is -1.26. The molecule has 1 amide bonds. The summed E-state index contributed by atoms with van der Waals surface area (Å²) in [6.07, 6.45) is 0.280. The van der Waals surface area contributed by atoms with E-state index in [9.17, 15) is 9.90 Å². The summed E-state index contributed by atoms with van der Waals surface area (Å²) in [4.78, 5) is 15.6. The molecule has 0 saturated carbocycles. The standard InChI is InChI=1S/C8H14N4O2/c1-6-5-12(3-2-7(6)13)8(14)4-10-11-9/h6-7,13H,2-5H2,1H3/t6-,7-/m1/s1. The molecule has 1 aliphatic heterocycles. The van der Waals surface area contributed by atoms with E-state index in [4.69, 9.17) is 5.53 Å². The Morgan fingerprint density at radius 2 is 2.50 bits per heavy atom. The van der Waals surface area contributed by atoms with Crippen LogP contribution in [0.25, 0.3) is 10.4 Å². The molecule has 6 heteroatoms. The monoisotopic (exact) mass is 198 g/mol. The number of aliphatic hydroxyl groups excluding tert-OH is 1. The van der Waals surface area contributed by atoms with Crippen LogP contribution < -0.4 is 0 Å². The molecule has 0 unspecified atom stereocenters. The van der Waals surface area contributed by atoms with Crippen LogP contribution in [0, 0.1) is 5.92 Å². The summed E-state index contributed by atoms with van der Waals surface area (Å²) < 4.78 is 0. The first-order valence-electron chi connectivity index (χ1n) is 4.62. The quantitative estimate of drug-likeness (QED) is 0.398. The van der Waals surface area contributed by atoms with Crippen LogP contribution in [-0.2, 0) is 4.79 Å². The molecule has 0 aromatic heterocycles. The van der Waals surface area contributed by atoms with Crippen LogP contribution in [-0.4, -0.2) is 41.7 Å². The second kappa shape index (κ2) is 4.83. The molecule has 6 nitrogen and oxygen atoms in total. The Balaban J connectivity index is 2.46. The van der Waals surface area contributed by atoms with Gasteiger partial charge in [0.1, 0.15) is 6.54 Å². The van der Waals surface area contributed by atoms with Crippen molar-refractivity contribution in [3.8, 4) is 0 Å². The van der Waals surface area contributed by atoms with Crippen molar-refractivity contribution in [1.29, 1.82) is 0 Å². The first-order chi connectivity index (χ1) is 6.65. The van der Waals surface area contributed by atoms with Crippen LogP contribution in [0.2, 0.25) is 0 Å². The average Bonchev–Trinajstić information content (AvgIpc) is 2.18. The van der Waals surface area contributed by atoms with Gasteiger partial charge in [-0.15, -0.1) is 0 Å². The maximum absolute atomic E-state index is 11.4. The third-order valence-corrected chi connectivity index (χ3v) is 2.48. The van der Waals surface area contributed by atoms with Crippen LogP contribution in [0.5, 0.6) is 0 Å². The van der Waals surface area contributed by atoms with Gasteiger partial charge in [0.2, 0.25) is 5.91 Å². The molecule has 1 N–H and O–H groups in total. The van der Waals surface area contributed by atoms with Gasteiger partial charge in [0.25, 0.3) is 0 Å². The number of carbonyl (C=O) groups excluding carboxylic acids is 1. The zero-order chi connectivity index (χ0) is 10.6. The third kappa shape index (κ3) is 2.61. The van der Waals surface area contributed by atoms with E-state index in [-0.39, 0.29) is 24.5 Å². The number of carbonyl (C=O) groups is 1. The fourth-order valence-corrected chi connectivity index (χ4v) is 1.55. The molecule has 1 aliphatic rings. The van der Waals surface area contributed by atoms with Gasteiger partial charge in [0.15, 0.2) is 0 Å². The Morgan fingerprint density at radius 1 is 1.79 bits per heavy atom. The zero-order valence-electron chi connectivity index (χ0n) is 8.13. The number of aliphatic hydroxyl groups is 1. The summed E-state index contributed by atoms with van der Waals surface area (Å²) in [5.74, 6) is -0.0692. The van der Waals surface area contributed by atoms with Crippen molar-refractivity contribution in [2.45, 2.75) is 19.4 Å². The van der Waals surface area contributed by atoms with E-state index in [1.807, 2.05) is 6.92 Å². The minimum absolute atomic E-state index is 0.0961. The summed E-state index contributed by atoms with van der Waals surface area (Å²) >= 11 is 0. The molecule has 78 valence electrons. The lowest BCUT2D eigenvalue weighted by Crippen LogP contribution is -2.45. The maximum Gasteiger partial charge on any atom is 0.228 e. The summed E-state index contributed by atoms with van der Waals surface area (Å²) in [5, 5.41) is 12.7. The first-order valence-corrected chi connectivity index (χ1v) is 4.62. The highest BCUT2D eigenvalue weighted by molar-refractivity contribution is 5.78. The molecule has 0 radical (unpaired) electrons. The van der Waals surface area contributed by atoms with Gasteiger partial charge >= 0.3 is 0 Å². The molecular formula is C8H14N4O2. The second-order valence-corrected chi connectivity index (χ2v) is 3.56. The smallest absolute Gasteiger partial charge is 0.228 e. The van der Waals surface area contributed by atoms with Gasteiger partial charge in [-0.2, -0.15) is 0 Å². The predicted octanol–water partition coefficient (Wildman–Crippen LogP) is 0.526. The number of rotatable bonds is 2. The van der Waals surface area contributed by atoms with Crippen molar-refractivity contribution < 1.29 is 9.90 Å². The fraction of sp³-hybridized carbons (Fsp3) is 0.875. The molecule has 1 fully saturated rings. The molecule has 1 rings (SSSR count). The van der Waals surface area contributed by atoms with Gasteiger partial charge in [0, 0.05) is 18.0 Å². The van der Waals surface area contributed by atoms with Gasteiger partial charge in [-0.05, 0) is 17.9 Å². The van der Waals surface area contributed by atoms with Crippen LogP contribution in [0.3, 0.4) is 0 Å². The lowest BCUT2D eigenvalue weighted by atomic mass is 9.97. The molecule has 14 heavy (non-hydrogen) atoms. The highest BCUT2D eigenvalue weighted by Gasteiger charge is 2.26. The first kappa shape index (κ1) is 10.8. The number of likely N-dealkylation sites (tertiary alicyclic amines) is 1. The largest absolute Gasteiger partial charge is 0.393 e. The minimum atomic E-state index is -0.321. The van der Waals surface area contributed by atoms with Crippen molar-refractivity contribution in [3.05, 3.63) is 10.4 Å². The Morgan fingerprint density at radius 3 is 3.07 bits per heavy atom. The van der Waals surface area contributed by atoms with Crippen molar-refractivity contribution >= 4 is 5.91 Å². The van der Waals surface area contributed by atoms with Crippen molar-refractivity contribution in [1.82, 2.24) is 4.90 Å². The highest BCUT2D eigenvalue weighted by atomic mass is 16.3. The van der Waals surface area contributed by atoms with Crippen molar-refractivity contribution in [2.24, 2.45) is 11.0 Å². The third-order valence-electron chi connectivity index (χ3n) is 2.48. The SMILES string of the molecule is C[C@@H]1CN(C(=O)CN=[N+]=[N-])CC[C@H]1O. The number of hydrogen-bond donors (Lipinski definition) is 1. The minimum Gasteiger partial charge on any atom is -0.393 e. The lowest BCUT2D eigenvalue weighted by Gasteiger charge is -2.34. The summed E-state index contributed by atoms with van der Waals surface area (Å²) in [6, 6.07) is 0. The summed E-state index contributed by atoms with van der Waals surface area (Å²) in [6.45, 7) is 2.86. The Bertz CT molecular complexity index is 262. The van der Waals surface area contributed by atoms with Gasteiger partial charge in [-0.3, -0.25) is 4.79 Å². The maximum atomic E-state index is 11.4. The van der Waals surface area contributed by atoms with Gasteiger partial charge in [-0.25, -0.2) is 0 Å². The Labute approximate surface area is 82.1 Å². The molecule has 1 heterocycles. The average molecular weight is 198 g/mol. The lowest BCUT2D eigenvalue weighted by molar-refractivity contribution is -0.133. The van der Waals surface area contributed by atoms with E-state index >= 15 is 0 Å². The molecule has 0 aliphatic carbocycles. The molecule has 0 bridgehead atoms. The van der Waals surface area contributed by atoms with Crippen LogP contribution >= 0.6 is 0 Å². The van der Waals surface area contributed by atoms with Gasteiger partial charge in [0.05, 0.1) is 6.10 Å². The van der Waals surface area contributed by atoms with Gasteiger partial charge < -0.3 is 10.0 Å². The van der Waals surface area contributed by atoms with Crippen LogP contribution in [0.1, 0.15) is 13.3 Å². The highest BCUT2D eigenvalue weighted by Crippen LogP contribution is 2.16. The van der Waals surface area contributed by atoms with E-state index in [1.54, 1.807) is 4.90 Å². The van der Waals surface area contributed by atoms with Crippen LogP contribution in [0.4, 0.5) is 0 Å². The molecule has 0 aromatic rings. The number of nitrogens with zero attached hydrogens (tertiary/aromatic N) is 4. The van der Waals surface area contributed by atoms with Crippen LogP contribution in [0.15, 0.2) is 5.11 Å². The Kier molecular flexibility index (Phi) is 3.73. The number of hydrogen-bond acceptors (Lipinski definition) is 3. The van der Waals surface area contributed by atoms with E-state index < -0.39 is 0 Å². The predicted molar refractivity (Wildman–Crippen MR) is 50.4 cm³/mol. The fourth-order valence-electron chi connectivity index (χ4n) is 1.55. The molecule has 0 spiro atoms. The van der Waals surface area contributed by atoms with E-state index in [0.717, 1.165) is 0 Å². The van der Waals surface area contributed by atoms with E-state index in [0.29, 0.717) is 19.5 Å². The van der Waals surface area contributed by atoms with Crippen molar-refractivity contribution in [2.75, 3.05) is 19.6 Å². The second-order valence-electron chi connectivity index (χ2n) is 3.56. The summed E-state index contributed by atoms with van der Waals surface area (Å²) in [7, 11) is 0. The molecular weight excluding hydrogens is 184 g/mol. The normalized spacial score (nSPS) is 26.9. The number of amides is 1. The number of piperidine rings is 1. The van der Waals surface area contributed by atoms with Crippen molar-refractivity contribution in [3.63, 3.8) is 0 Å². The molecule has 1 saturated heterocycles. The summed E-state index contributed by atoms with van der Waals surface area (Å²) in [5.41, 5.74) is 8.06. The van der Waals surface area contributed by atoms with Gasteiger partial charge in [-0.1, -0.05) is 12.0 Å². The van der Waals surface area contributed by atoms with E-state index in [1.165, 1.54) is 0 Å².